The molecule has 0 bridgehead atoms. The van der Waals surface area contributed by atoms with E-state index in [1.165, 1.54) is 0 Å². The number of quaternary nitrogens is 1. The van der Waals surface area contributed by atoms with Gasteiger partial charge in [-0.25, -0.2) is 0 Å². The van der Waals surface area contributed by atoms with Gasteiger partial charge in [0.15, 0.2) is 0 Å². The van der Waals surface area contributed by atoms with E-state index < -0.39 is 9.05 Å². The fourth-order valence-corrected chi connectivity index (χ4v) is 0.774. The Balaban J connectivity index is -0.0000000904. The van der Waals surface area contributed by atoms with Crippen LogP contribution >= 0.6 is 0 Å². The molecular formula is C8H17AlClNO4Si. The van der Waals surface area contributed by atoms with Crippen molar-refractivity contribution in [2.24, 2.45) is 0 Å². The molecule has 0 aliphatic carbocycles. The van der Waals surface area contributed by atoms with Crippen LogP contribution in [-0.2, 0) is 0 Å². The number of hydrogen-bond acceptors (Lipinski definition) is 4. The van der Waals surface area contributed by atoms with E-state index in [0.717, 1.165) is 17.6 Å². The van der Waals surface area contributed by atoms with E-state index in [9.17, 15) is 0 Å². The predicted octanol–water partition coefficient (Wildman–Crippen LogP) is -6.45. The van der Waals surface area contributed by atoms with Gasteiger partial charge in [0.25, 0.3) is 0 Å². The monoisotopic (exact) mass is 281 g/mol. The predicted molar refractivity (Wildman–Crippen MR) is 56.0 cm³/mol. The third-order valence-electron chi connectivity index (χ3n) is 1.25. The van der Waals surface area contributed by atoms with Crippen molar-refractivity contribution in [1.82, 2.24) is 0 Å². The van der Waals surface area contributed by atoms with E-state index in [0.29, 0.717) is 0 Å². The van der Waals surface area contributed by atoms with E-state index in [4.69, 9.17) is 19.2 Å². The number of rotatable bonds is 4. The minimum Gasteiger partial charge on any atom is -1.00 e. The molecular weight excluding hydrogens is 265 g/mol. The minimum absolute atomic E-state index is 0. The Labute approximate surface area is 115 Å². The number of likely N-dealkylation sites (N-methyl/N-ethyl adjacent to an activating group) is 1. The molecule has 0 atom stereocenters. The van der Waals surface area contributed by atoms with Crippen LogP contribution in [0.4, 0.5) is 0 Å². The molecule has 0 unspecified atom stereocenters. The van der Waals surface area contributed by atoms with Gasteiger partial charge in [-0.05, 0) is 12.2 Å². The maximum Gasteiger partial charge on any atom is 3.00 e. The van der Waals surface area contributed by atoms with Crippen LogP contribution in [0.15, 0.2) is 25.3 Å². The second-order valence-corrected chi connectivity index (χ2v) is 4.45. The van der Waals surface area contributed by atoms with Crippen LogP contribution in [0.25, 0.3) is 0 Å². The summed E-state index contributed by atoms with van der Waals surface area (Å²) in [5.41, 5.74) is 0. The quantitative estimate of drug-likeness (QED) is 0.315. The molecule has 0 aromatic rings. The smallest absolute Gasteiger partial charge is 1.00 e. The second kappa shape index (κ2) is 11.8. The Morgan fingerprint density at radius 1 is 1.12 bits per heavy atom. The topological polar surface area (TPSA) is 89.4 Å². The largest absolute Gasteiger partial charge is 3.00 e. The first-order valence-corrected chi connectivity index (χ1v) is 5.67. The van der Waals surface area contributed by atoms with Gasteiger partial charge >= 0.3 is 17.4 Å². The molecule has 0 amide bonds. The van der Waals surface area contributed by atoms with Gasteiger partial charge < -0.3 is 36.1 Å². The number of hydrogen-bond donors (Lipinski definition) is 1. The van der Waals surface area contributed by atoms with Crippen molar-refractivity contribution in [2.45, 2.75) is 0 Å². The number of halogens is 1. The molecule has 0 radical (unpaired) electrons. The van der Waals surface area contributed by atoms with Crippen molar-refractivity contribution >= 4 is 26.4 Å². The average molecular weight is 282 g/mol. The Kier molecular flexibility index (Phi) is 18.6. The second-order valence-electron chi connectivity index (χ2n) is 3.40. The maximum atomic E-state index is 8.69. The summed E-state index contributed by atoms with van der Waals surface area (Å²) in [6.45, 7) is 9.37. The van der Waals surface area contributed by atoms with Crippen LogP contribution in [-0.4, -0.2) is 62.9 Å². The summed E-state index contributed by atoms with van der Waals surface area (Å²) in [6, 6.07) is 0. The zero-order valence-electron chi connectivity index (χ0n) is 9.56. The van der Waals surface area contributed by atoms with E-state index >= 15 is 0 Å². The molecule has 0 heterocycles. The zero-order chi connectivity index (χ0) is 11.8. The van der Waals surface area contributed by atoms with Gasteiger partial charge in [-0.1, -0.05) is 13.2 Å². The molecule has 8 heteroatoms. The Bertz CT molecular complexity index is 169. The molecule has 0 saturated heterocycles. The fourth-order valence-electron chi connectivity index (χ4n) is 0.774. The van der Waals surface area contributed by atoms with Crippen LogP contribution < -0.4 is 26.8 Å². The van der Waals surface area contributed by atoms with E-state index in [2.05, 4.69) is 27.3 Å². The maximum absolute atomic E-state index is 8.69. The summed E-state index contributed by atoms with van der Waals surface area (Å²) < 4.78 is 0.951. The Hall–Kier alpha value is 0.319. The van der Waals surface area contributed by atoms with E-state index in [1.54, 1.807) is 0 Å². The third-order valence-corrected chi connectivity index (χ3v) is 1.25. The molecule has 0 aliphatic rings. The first kappa shape index (κ1) is 25.2. The van der Waals surface area contributed by atoms with Crippen molar-refractivity contribution in [2.75, 3.05) is 27.2 Å². The van der Waals surface area contributed by atoms with E-state index in [-0.39, 0.29) is 29.8 Å². The fraction of sp³-hybridized carbons (Fsp3) is 0.500. The summed E-state index contributed by atoms with van der Waals surface area (Å²) in [7, 11) is -1.05. The van der Waals surface area contributed by atoms with Crippen LogP contribution in [0.3, 0.4) is 0 Å². The molecule has 0 aliphatic heterocycles. The molecule has 1 N–H and O–H groups in total. The molecule has 0 aromatic carbocycles. The minimum atomic E-state index is -5.36. The van der Waals surface area contributed by atoms with Gasteiger partial charge in [0.05, 0.1) is 27.2 Å². The molecule has 0 fully saturated rings. The first-order valence-electron chi connectivity index (χ1n) is 4.00. The first-order chi connectivity index (χ1) is 6.12. The summed E-state index contributed by atoms with van der Waals surface area (Å²) in [6.07, 6.45) is 3.87. The van der Waals surface area contributed by atoms with Crippen LogP contribution in [0.2, 0.25) is 0 Å². The van der Waals surface area contributed by atoms with Crippen LogP contribution in [0.5, 0.6) is 0 Å². The van der Waals surface area contributed by atoms with Crippen molar-refractivity contribution in [1.29, 1.82) is 0 Å². The number of nitrogens with zero attached hydrogens (tertiary/aromatic N) is 1. The van der Waals surface area contributed by atoms with Crippen molar-refractivity contribution in [3.8, 4) is 0 Å². The normalized spacial score (nSPS) is 9.88. The zero-order valence-corrected chi connectivity index (χ0v) is 12.5. The van der Waals surface area contributed by atoms with Gasteiger partial charge in [0.2, 0.25) is 0 Å². The van der Waals surface area contributed by atoms with E-state index in [1.807, 2.05) is 12.2 Å². The van der Waals surface area contributed by atoms with Gasteiger partial charge in [-0.3, -0.25) is 0 Å². The molecule has 0 rings (SSSR count). The molecule has 92 valence electrons. The summed E-state index contributed by atoms with van der Waals surface area (Å²) in [5.74, 6) is 0. The molecule has 16 heavy (non-hydrogen) atoms. The third kappa shape index (κ3) is 36.7. The molecule has 0 aromatic heterocycles. The Morgan fingerprint density at radius 2 is 1.31 bits per heavy atom. The van der Waals surface area contributed by atoms with Gasteiger partial charge in [0.1, 0.15) is 0 Å². The van der Waals surface area contributed by atoms with Gasteiger partial charge in [-0.15, -0.1) is 9.05 Å². The SMILES string of the molecule is C=CC[N+](C)(C)CC=C.[Al+3].[Cl-].[O-][Si]([O-])([O-])O. The van der Waals surface area contributed by atoms with Crippen molar-refractivity contribution < 1.29 is 36.1 Å². The van der Waals surface area contributed by atoms with Crippen molar-refractivity contribution in [3.63, 3.8) is 0 Å². The Morgan fingerprint density at radius 3 is 1.44 bits per heavy atom. The van der Waals surface area contributed by atoms with Gasteiger partial charge in [-0.2, -0.15) is 0 Å². The average Bonchev–Trinajstić information content (AvgIpc) is 1.81. The molecule has 5 nitrogen and oxygen atoms in total. The van der Waals surface area contributed by atoms with Gasteiger partial charge in [0, 0.05) is 0 Å². The summed E-state index contributed by atoms with van der Waals surface area (Å²) >= 11 is 0. The standard InChI is InChI=1S/C8H16N.Al.ClH.HO4Si/c1-5-7-9(3,4)8-6-2;;;1-5(2,3)4/h5-6H,1-2,7-8H2,3-4H3;;1H;1H/q+1;+3;;-3/p-1. The summed E-state index contributed by atoms with van der Waals surface area (Å²) in [5, 5.41) is 0. The molecule has 0 spiro atoms. The van der Waals surface area contributed by atoms with Crippen molar-refractivity contribution in [3.05, 3.63) is 25.3 Å². The molecule has 0 saturated carbocycles. The van der Waals surface area contributed by atoms with Crippen LogP contribution in [0, 0.1) is 0 Å². The summed E-state index contributed by atoms with van der Waals surface area (Å²) in [4.78, 5) is 33.1. The van der Waals surface area contributed by atoms with Crippen LogP contribution in [0.1, 0.15) is 0 Å².